The number of rotatable bonds is 5. The molecule has 0 saturated carbocycles. The first-order valence-corrected chi connectivity index (χ1v) is 9.08. The maximum absolute atomic E-state index is 5.76. The third-order valence-electron chi connectivity index (χ3n) is 3.93. The van der Waals surface area contributed by atoms with Crippen LogP contribution in [0.4, 0.5) is 0 Å². The molecule has 0 N–H and O–H groups in total. The van der Waals surface area contributed by atoms with Crippen molar-refractivity contribution in [2.75, 3.05) is 0 Å². The van der Waals surface area contributed by atoms with Crippen LogP contribution >= 0.6 is 11.8 Å². The minimum atomic E-state index is 0.470. The molecule has 0 aliphatic rings. The quantitative estimate of drug-likeness (QED) is 0.492. The zero-order valence-corrected chi connectivity index (χ0v) is 15.4. The average molecular weight is 367 g/mol. The van der Waals surface area contributed by atoms with Gasteiger partial charge in [-0.05, 0) is 19.9 Å². The van der Waals surface area contributed by atoms with E-state index >= 15 is 0 Å². The van der Waals surface area contributed by atoms with Crippen LogP contribution in [0.1, 0.15) is 17.4 Å². The minimum Gasteiger partial charge on any atom is -0.466 e. The number of furan rings is 1. The molecule has 0 radical (unpaired) electrons. The smallest absolute Gasteiger partial charge is 0.251 e. The van der Waals surface area contributed by atoms with E-state index in [4.69, 9.17) is 8.83 Å². The van der Waals surface area contributed by atoms with Gasteiger partial charge in [0.15, 0.2) is 11.0 Å². The van der Waals surface area contributed by atoms with E-state index in [9.17, 15) is 0 Å². The van der Waals surface area contributed by atoms with E-state index in [0.717, 1.165) is 33.6 Å². The van der Waals surface area contributed by atoms with Crippen molar-refractivity contribution in [3.8, 4) is 22.8 Å². The summed E-state index contributed by atoms with van der Waals surface area (Å²) in [4.78, 5) is 0. The Morgan fingerprint density at radius 1 is 1.00 bits per heavy atom. The second kappa shape index (κ2) is 6.80. The molecule has 0 bridgehead atoms. The van der Waals surface area contributed by atoms with Crippen molar-refractivity contribution in [3.05, 3.63) is 53.8 Å². The molecule has 0 saturated heterocycles. The van der Waals surface area contributed by atoms with Crippen LogP contribution in [-0.4, -0.2) is 25.0 Å². The van der Waals surface area contributed by atoms with Gasteiger partial charge in [0.05, 0.1) is 11.3 Å². The lowest BCUT2D eigenvalue weighted by molar-refractivity contribution is 0.499. The molecule has 4 aromatic rings. The fraction of sp³-hybridized carbons (Fsp3) is 0.222. The van der Waals surface area contributed by atoms with Crippen molar-refractivity contribution in [2.24, 2.45) is 7.05 Å². The molecular formula is C18H17N5O2S. The van der Waals surface area contributed by atoms with Crippen LogP contribution in [0.3, 0.4) is 0 Å². The van der Waals surface area contributed by atoms with Gasteiger partial charge in [-0.3, -0.25) is 0 Å². The highest BCUT2D eigenvalue weighted by molar-refractivity contribution is 7.98. The highest BCUT2D eigenvalue weighted by Gasteiger charge is 2.16. The molecule has 0 fully saturated rings. The molecule has 4 rings (SSSR count). The summed E-state index contributed by atoms with van der Waals surface area (Å²) in [6.45, 7) is 3.77. The third-order valence-corrected chi connectivity index (χ3v) is 4.93. The lowest BCUT2D eigenvalue weighted by Crippen LogP contribution is -1.95. The van der Waals surface area contributed by atoms with Crippen molar-refractivity contribution < 1.29 is 8.83 Å². The molecule has 0 aliphatic carbocycles. The number of aryl methyl sites for hydroxylation is 2. The van der Waals surface area contributed by atoms with E-state index in [1.54, 1.807) is 0 Å². The summed E-state index contributed by atoms with van der Waals surface area (Å²) in [5, 5.41) is 17.6. The lowest BCUT2D eigenvalue weighted by Gasteiger charge is -2.02. The maximum Gasteiger partial charge on any atom is 0.251 e. The summed E-state index contributed by atoms with van der Waals surface area (Å²) < 4.78 is 13.2. The summed E-state index contributed by atoms with van der Waals surface area (Å²) in [5.41, 5.74) is 1.86. The Labute approximate surface area is 154 Å². The molecule has 3 heterocycles. The number of hydrogen-bond donors (Lipinski definition) is 0. The van der Waals surface area contributed by atoms with Crippen molar-refractivity contribution in [2.45, 2.75) is 24.8 Å². The molecule has 0 aliphatic heterocycles. The molecule has 1 aromatic carbocycles. The highest BCUT2D eigenvalue weighted by atomic mass is 32.2. The number of hydrogen-bond acceptors (Lipinski definition) is 7. The van der Waals surface area contributed by atoms with Gasteiger partial charge >= 0.3 is 0 Å². The topological polar surface area (TPSA) is 82.8 Å². The number of nitrogens with zero attached hydrogens (tertiary/aromatic N) is 5. The van der Waals surface area contributed by atoms with Crippen LogP contribution in [0.25, 0.3) is 22.8 Å². The van der Waals surface area contributed by atoms with Crippen LogP contribution in [0.15, 0.2) is 50.4 Å². The van der Waals surface area contributed by atoms with Gasteiger partial charge in [0.2, 0.25) is 5.89 Å². The number of benzene rings is 1. The minimum absolute atomic E-state index is 0.470. The van der Waals surface area contributed by atoms with Crippen LogP contribution in [0.2, 0.25) is 0 Å². The summed E-state index contributed by atoms with van der Waals surface area (Å²) in [5.74, 6) is 3.93. The predicted molar refractivity (Wildman–Crippen MR) is 97.5 cm³/mol. The Balaban J connectivity index is 1.49. The van der Waals surface area contributed by atoms with E-state index in [1.807, 2.05) is 61.9 Å². The molecule has 132 valence electrons. The molecule has 26 heavy (non-hydrogen) atoms. The molecule has 0 atom stereocenters. The van der Waals surface area contributed by atoms with Crippen LogP contribution in [0, 0.1) is 13.8 Å². The standard InChI is InChI=1S/C18H17N5O2S/c1-11-9-14(12(2)24-11)17-21-19-15(25-17)10-26-18-22-20-16(23(18)3)13-7-5-4-6-8-13/h4-9H,10H2,1-3H3. The van der Waals surface area contributed by atoms with Gasteiger partial charge in [-0.1, -0.05) is 42.1 Å². The van der Waals surface area contributed by atoms with E-state index in [1.165, 1.54) is 11.8 Å². The normalized spacial score (nSPS) is 11.2. The third kappa shape index (κ3) is 3.15. The molecule has 0 amide bonds. The van der Waals surface area contributed by atoms with E-state index in [2.05, 4.69) is 20.4 Å². The predicted octanol–water partition coefficient (Wildman–Crippen LogP) is 4.03. The van der Waals surface area contributed by atoms with Gasteiger partial charge in [0, 0.05) is 12.6 Å². The fourth-order valence-corrected chi connectivity index (χ4v) is 3.42. The van der Waals surface area contributed by atoms with Gasteiger partial charge < -0.3 is 13.4 Å². The number of thioether (sulfide) groups is 1. The maximum atomic E-state index is 5.76. The van der Waals surface area contributed by atoms with E-state index in [0.29, 0.717) is 17.5 Å². The average Bonchev–Trinajstić information content (AvgIpc) is 3.33. The lowest BCUT2D eigenvalue weighted by atomic mass is 10.2. The SMILES string of the molecule is Cc1cc(-c2nnc(CSc3nnc(-c4ccccc4)n3C)o2)c(C)o1. The Bertz CT molecular complexity index is 1040. The van der Waals surface area contributed by atoms with Gasteiger partial charge in [-0.2, -0.15) is 0 Å². The van der Waals surface area contributed by atoms with E-state index < -0.39 is 0 Å². The first-order chi connectivity index (χ1) is 12.6. The molecule has 0 unspecified atom stereocenters. The van der Waals surface area contributed by atoms with Crippen molar-refractivity contribution in [3.63, 3.8) is 0 Å². The zero-order chi connectivity index (χ0) is 18.1. The molecule has 0 spiro atoms. The van der Waals surface area contributed by atoms with Crippen LogP contribution < -0.4 is 0 Å². The zero-order valence-electron chi connectivity index (χ0n) is 14.6. The van der Waals surface area contributed by atoms with Crippen LogP contribution in [-0.2, 0) is 12.8 Å². The van der Waals surface area contributed by atoms with Gasteiger partial charge in [-0.25, -0.2) is 0 Å². The largest absolute Gasteiger partial charge is 0.466 e. The number of aromatic nitrogens is 5. The first-order valence-electron chi connectivity index (χ1n) is 8.09. The van der Waals surface area contributed by atoms with Gasteiger partial charge in [-0.15, -0.1) is 20.4 Å². The molecular weight excluding hydrogens is 350 g/mol. The molecule has 8 heteroatoms. The van der Waals surface area contributed by atoms with Crippen molar-refractivity contribution in [1.29, 1.82) is 0 Å². The fourth-order valence-electron chi connectivity index (χ4n) is 2.67. The molecule has 3 aromatic heterocycles. The Morgan fingerprint density at radius 3 is 2.54 bits per heavy atom. The Hall–Kier alpha value is -2.87. The summed E-state index contributed by atoms with van der Waals surface area (Å²) in [6.07, 6.45) is 0. The van der Waals surface area contributed by atoms with Gasteiger partial charge in [0.25, 0.3) is 5.89 Å². The summed E-state index contributed by atoms with van der Waals surface area (Å²) in [7, 11) is 1.95. The Morgan fingerprint density at radius 2 is 1.81 bits per heavy atom. The second-order valence-electron chi connectivity index (χ2n) is 5.85. The van der Waals surface area contributed by atoms with E-state index in [-0.39, 0.29) is 0 Å². The highest BCUT2D eigenvalue weighted by Crippen LogP contribution is 2.28. The van der Waals surface area contributed by atoms with Crippen LogP contribution in [0.5, 0.6) is 0 Å². The Kier molecular flexibility index (Phi) is 4.34. The second-order valence-corrected chi connectivity index (χ2v) is 6.79. The van der Waals surface area contributed by atoms with Crippen molar-refractivity contribution in [1.82, 2.24) is 25.0 Å². The van der Waals surface area contributed by atoms with Crippen molar-refractivity contribution >= 4 is 11.8 Å². The van der Waals surface area contributed by atoms with Gasteiger partial charge in [0.1, 0.15) is 11.5 Å². The summed E-state index contributed by atoms with van der Waals surface area (Å²) >= 11 is 1.50. The summed E-state index contributed by atoms with van der Waals surface area (Å²) in [6, 6.07) is 11.9. The first kappa shape index (κ1) is 16.6. The molecule has 7 nitrogen and oxygen atoms in total. The monoisotopic (exact) mass is 367 g/mol.